The number of oxime groups is 1. The molecule has 0 aliphatic carbocycles. The van der Waals surface area contributed by atoms with Crippen molar-refractivity contribution in [2.75, 3.05) is 13.7 Å². The van der Waals surface area contributed by atoms with Gasteiger partial charge in [-0.1, -0.05) is 31.5 Å². The fourth-order valence-corrected chi connectivity index (χ4v) is 1.72. The molecule has 0 heterocycles. The molecule has 0 amide bonds. The first-order valence-corrected chi connectivity index (χ1v) is 6.47. The minimum atomic E-state index is 0.0518. The number of rotatable bonds is 7. The van der Waals surface area contributed by atoms with Crippen LogP contribution in [-0.4, -0.2) is 24.7 Å². The molecule has 1 atom stereocenters. The van der Waals surface area contributed by atoms with Crippen LogP contribution in [0.2, 0.25) is 0 Å². The Morgan fingerprint density at radius 1 is 1.53 bits per heavy atom. The molecule has 0 fully saturated rings. The van der Waals surface area contributed by atoms with Crippen LogP contribution in [0.3, 0.4) is 0 Å². The van der Waals surface area contributed by atoms with Gasteiger partial charge in [-0.25, -0.2) is 0 Å². The number of benzene rings is 1. The first-order chi connectivity index (χ1) is 9.12. The monoisotopic (exact) mass is 265 g/mol. The molecule has 1 aromatic carbocycles. The summed E-state index contributed by atoms with van der Waals surface area (Å²) >= 11 is 0. The third-order valence-corrected chi connectivity index (χ3v) is 3.17. The SMILES string of the molecule is CCC(C)CNCc1ccc(/C(N)=N/O)c(OC)c1. The van der Waals surface area contributed by atoms with E-state index < -0.39 is 0 Å². The van der Waals surface area contributed by atoms with Crippen molar-refractivity contribution in [2.45, 2.75) is 26.8 Å². The molecule has 5 heteroatoms. The number of methoxy groups -OCH3 is 1. The maximum Gasteiger partial charge on any atom is 0.173 e. The second kappa shape index (κ2) is 7.63. The van der Waals surface area contributed by atoms with Gasteiger partial charge in [-0.15, -0.1) is 0 Å². The quantitative estimate of drug-likeness (QED) is 0.304. The van der Waals surface area contributed by atoms with Crippen molar-refractivity contribution in [1.29, 1.82) is 0 Å². The Labute approximate surface area is 114 Å². The summed E-state index contributed by atoms with van der Waals surface area (Å²) in [5.74, 6) is 1.33. The smallest absolute Gasteiger partial charge is 0.173 e. The number of ether oxygens (including phenoxy) is 1. The van der Waals surface area contributed by atoms with E-state index >= 15 is 0 Å². The van der Waals surface area contributed by atoms with Gasteiger partial charge in [-0.2, -0.15) is 0 Å². The van der Waals surface area contributed by atoms with E-state index in [4.69, 9.17) is 15.7 Å². The minimum absolute atomic E-state index is 0.0518. The summed E-state index contributed by atoms with van der Waals surface area (Å²) in [7, 11) is 1.57. The van der Waals surface area contributed by atoms with Gasteiger partial charge >= 0.3 is 0 Å². The predicted molar refractivity (Wildman–Crippen MR) is 76.7 cm³/mol. The van der Waals surface area contributed by atoms with Gasteiger partial charge in [0.1, 0.15) is 5.75 Å². The van der Waals surface area contributed by atoms with Crippen molar-refractivity contribution in [3.63, 3.8) is 0 Å². The molecule has 19 heavy (non-hydrogen) atoms. The van der Waals surface area contributed by atoms with E-state index in [2.05, 4.69) is 24.3 Å². The first kappa shape index (κ1) is 15.3. The van der Waals surface area contributed by atoms with E-state index in [0.29, 0.717) is 17.2 Å². The highest BCUT2D eigenvalue weighted by molar-refractivity contribution is 5.99. The van der Waals surface area contributed by atoms with Crippen LogP contribution in [0, 0.1) is 5.92 Å². The molecule has 0 saturated carbocycles. The highest BCUT2D eigenvalue weighted by Crippen LogP contribution is 2.20. The molecule has 106 valence electrons. The zero-order valence-corrected chi connectivity index (χ0v) is 11.8. The molecule has 5 nitrogen and oxygen atoms in total. The van der Waals surface area contributed by atoms with Crippen LogP contribution >= 0.6 is 0 Å². The second-order valence-electron chi connectivity index (χ2n) is 4.66. The van der Waals surface area contributed by atoms with E-state index in [1.54, 1.807) is 13.2 Å². The summed E-state index contributed by atoms with van der Waals surface area (Å²) in [6, 6.07) is 5.64. The molecule has 1 aromatic rings. The Hall–Kier alpha value is -1.75. The van der Waals surface area contributed by atoms with E-state index in [1.807, 2.05) is 12.1 Å². The van der Waals surface area contributed by atoms with Crippen molar-refractivity contribution in [3.8, 4) is 5.75 Å². The van der Waals surface area contributed by atoms with Crippen molar-refractivity contribution in [1.82, 2.24) is 5.32 Å². The molecule has 4 N–H and O–H groups in total. The van der Waals surface area contributed by atoms with Crippen LogP contribution in [0.5, 0.6) is 5.75 Å². The van der Waals surface area contributed by atoms with Gasteiger partial charge in [0, 0.05) is 6.54 Å². The number of nitrogens with two attached hydrogens (primary N) is 1. The first-order valence-electron chi connectivity index (χ1n) is 6.47. The van der Waals surface area contributed by atoms with Crippen molar-refractivity contribution in [2.24, 2.45) is 16.8 Å². The topological polar surface area (TPSA) is 79.9 Å². The van der Waals surface area contributed by atoms with Crippen molar-refractivity contribution >= 4 is 5.84 Å². The number of nitrogens with one attached hydrogen (secondary N) is 1. The fourth-order valence-electron chi connectivity index (χ4n) is 1.72. The number of amidine groups is 1. The molecule has 0 aliphatic heterocycles. The lowest BCUT2D eigenvalue weighted by molar-refractivity contribution is 0.318. The molecule has 0 radical (unpaired) electrons. The summed E-state index contributed by atoms with van der Waals surface area (Å²) < 4.78 is 5.26. The molecule has 0 aliphatic rings. The lowest BCUT2D eigenvalue weighted by Gasteiger charge is -2.12. The van der Waals surface area contributed by atoms with Gasteiger partial charge in [0.15, 0.2) is 5.84 Å². The average Bonchev–Trinajstić information content (AvgIpc) is 2.45. The van der Waals surface area contributed by atoms with E-state index in [-0.39, 0.29) is 5.84 Å². The zero-order valence-electron chi connectivity index (χ0n) is 11.8. The minimum Gasteiger partial charge on any atom is -0.496 e. The zero-order chi connectivity index (χ0) is 14.3. The van der Waals surface area contributed by atoms with E-state index in [1.165, 1.54) is 6.42 Å². The standard InChI is InChI=1S/C14H23N3O2/c1-4-10(2)8-16-9-11-5-6-12(14(15)17-18)13(7-11)19-3/h5-7,10,16,18H,4,8-9H2,1-3H3,(H2,15,17). The largest absolute Gasteiger partial charge is 0.496 e. The summed E-state index contributed by atoms with van der Waals surface area (Å²) in [4.78, 5) is 0. The van der Waals surface area contributed by atoms with Gasteiger partial charge < -0.3 is 21.0 Å². The van der Waals surface area contributed by atoms with E-state index in [0.717, 1.165) is 18.7 Å². The van der Waals surface area contributed by atoms with Crippen LogP contribution in [0.25, 0.3) is 0 Å². The molecular formula is C14H23N3O2. The summed E-state index contributed by atoms with van der Waals surface area (Å²) in [5.41, 5.74) is 7.28. The van der Waals surface area contributed by atoms with E-state index in [9.17, 15) is 0 Å². The Kier molecular flexibility index (Phi) is 6.15. The molecule has 1 rings (SSSR count). The molecule has 0 bridgehead atoms. The summed E-state index contributed by atoms with van der Waals surface area (Å²) in [6.07, 6.45) is 1.17. The lowest BCUT2D eigenvalue weighted by Crippen LogP contribution is -2.20. The molecule has 0 saturated heterocycles. The Morgan fingerprint density at radius 3 is 2.84 bits per heavy atom. The predicted octanol–water partition coefficient (Wildman–Crippen LogP) is 1.93. The number of hydrogen-bond donors (Lipinski definition) is 3. The number of hydrogen-bond acceptors (Lipinski definition) is 4. The normalized spacial score (nSPS) is 13.3. The third kappa shape index (κ3) is 4.44. The van der Waals surface area contributed by atoms with Crippen molar-refractivity contribution < 1.29 is 9.94 Å². The van der Waals surface area contributed by atoms with Crippen LogP contribution in [0.4, 0.5) is 0 Å². The van der Waals surface area contributed by atoms with Gasteiger partial charge in [-0.05, 0) is 30.2 Å². The Balaban J connectivity index is 2.72. The average molecular weight is 265 g/mol. The third-order valence-electron chi connectivity index (χ3n) is 3.17. The molecule has 0 spiro atoms. The highest BCUT2D eigenvalue weighted by Gasteiger charge is 2.08. The Bertz CT molecular complexity index is 433. The van der Waals surface area contributed by atoms with Gasteiger partial charge in [-0.3, -0.25) is 0 Å². The number of nitrogens with zero attached hydrogens (tertiary/aromatic N) is 1. The van der Waals surface area contributed by atoms with Gasteiger partial charge in [0.05, 0.1) is 12.7 Å². The van der Waals surface area contributed by atoms with Gasteiger partial charge in [0.2, 0.25) is 0 Å². The Morgan fingerprint density at radius 2 is 2.26 bits per heavy atom. The highest BCUT2D eigenvalue weighted by atomic mass is 16.5. The van der Waals surface area contributed by atoms with Crippen LogP contribution in [0.15, 0.2) is 23.4 Å². The summed E-state index contributed by atoms with van der Waals surface area (Å²) in [5, 5.41) is 15.1. The molecular weight excluding hydrogens is 242 g/mol. The second-order valence-corrected chi connectivity index (χ2v) is 4.66. The van der Waals surface area contributed by atoms with Crippen LogP contribution in [0.1, 0.15) is 31.4 Å². The lowest BCUT2D eigenvalue weighted by atomic mass is 10.1. The van der Waals surface area contributed by atoms with Crippen LogP contribution in [-0.2, 0) is 6.54 Å². The maximum absolute atomic E-state index is 8.70. The van der Waals surface area contributed by atoms with Gasteiger partial charge in [0.25, 0.3) is 0 Å². The van der Waals surface area contributed by atoms with Crippen LogP contribution < -0.4 is 15.8 Å². The summed E-state index contributed by atoms with van der Waals surface area (Å²) in [6.45, 7) is 6.16. The fraction of sp³-hybridized carbons (Fsp3) is 0.500. The molecule has 0 aromatic heterocycles. The maximum atomic E-state index is 8.70. The molecule has 1 unspecified atom stereocenters. The van der Waals surface area contributed by atoms with Crippen molar-refractivity contribution in [3.05, 3.63) is 29.3 Å².